The van der Waals surface area contributed by atoms with E-state index in [9.17, 15) is 14.0 Å². The summed E-state index contributed by atoms with van der Waals surface area (Å²) in [6.45, 7) is 2.26. The molecule has 0 heterocycles. The molecule has 5 nitrogen and oxygen atoms in total. The van der Waals surface area contributed by atoms with Crippen LogP contribution < -0.4 is 10.2 Å². The van der Waals surface area contributed by atoms with E-state index in [1.54, 1.807) is 30.3 Å². The summed E-state index contributed by atoms with van der Waals surface area (Å²) < 4.78 is 18.9. The molecule has 1 N–H and O–H groups in total. The standard InChI is InChI=1S/C32H45FN2O3/c1-2-3-4-5-6-7-8-9-10-11-12-13-14-15-16-21-31(36)35-34-26-27-22-24-28(25-23-27)38-32(37)29-19-17-18-20-30(29)33/h17-20,22-26H,2-16,21H2,1H3,(H,35,36)/b34-26+. The first-order chi connectivity index (χ1) is 18.6. The van der Waals surface area contributed by atoms with Crippen LogP contribution in [0, 0.1) is 5.82 Å². The summed E-state index contributed by atoms with van der Waals surface area (Å²) in [5.74, 6) is -1.17. The van der Waals surface area contributed by atoms with Gasteiger partial charge in [0.15, 0.2) is 0 Å². The fraction of sp³-hybridized carbons (Fsp3) is 0.531. The number of esters is 1. The summed E-state index contributed by atoms with van der Waals surface area (Å²) in [4.78, 5) is 24.1. The van der Waals surface area contributed by atoms with Gasteiger partial charge in [0.25, 0.3) is 0 Å². The second kappa shape index (κ2) is 20.0. The van der Waals surface area contributed by atoms with Crippen LogP contribution in [0.1, 0.15) is 126 Å². The number of halogens is 1. The van der Waals surface area contributed by atoms with E-state index in [0.29, 0.717) is 12.2 Å². The van der Waals surface area contributed by atoms with Gasteiger partial charge < -0.3 is 4.74 Å². The number of benzene rings is 2. The van der Waals surface area contributed by atoms with E-state index in [-0.39, 0.29) is 11.5 Å². The van der Waals surface area contributed by atoms with Gasteiger partial charge in [-0.05, 0) is 48.4 Å². The van der Waals surface area contributed by atoms with Gasteiger partial charge in [-0.25, -0.2) is 14.6 Å². The number of rotatable bonds is 20. The first-order valence-electron chi connectivity index (χ1n) is 14.5. The van der Waals surface area contributed by atoms with E-state index >= 15 is 0 Å². The number of ether oxygens (including phenoxy) is 1. The smallest absolute Gasteiger partial charge is 0.346 e. The zero-order valence-electron chi connectivity index (χ0n) is 23.1. The highest BCUT2D eigenvalue weighted by molar-refractivity contribution is 5.91. The highest BCUT2D eigenvalue weighted by atomic mass is 19.1. The number of hydrogen-bond donors (Lipinski definition) is 1. The number of hydrogen-bond acceptors (Lipinski definition) is 4. The van der Waals surface area contributed by atoms with E-state index in [1.165, 1.54) is 108 Å². The lowest BCUT2D eigenvalue weighted by molar-refractivity contribution is -0.121. The van der Waals surface area contributed by atoms with Gasteiger partial charge in [0.1, 0.15) is 11.6 Å². The minimum Gasteiger partial charge on any atom is -0.423 e. The van der Waals surface area contributed by atoms with Crippen molar-refractivity contribution >= 4 is 18.1 Å². The molecule has 0 radical (unpaired) electrons. The summed E-state index contributed by atoms with van der Waals surface area (Å²) in [6, 6.07) is 12.3. The lowest BCUT2D eigenvalue weighted by atomic mass is 10.0. The molecule has 0 unspecified atom stereocenters. The molecule has 0 bridgehead atoms. The first kappa shape index (κ1) is 31.2. The second-order valence-electron chi connectivity index (χ2n) is 9.93. The van der Waals surface area contributed by atoms with Crippen molar-refractivity contribution < 1.29 is 18.7 Å². The maximum Gasteiger partial charge on any atom is 0.346 e. The first-order valence-corrected chi connectivity index (χ1v) is 14.5. The van der Waals surface area contributed by atoms with Crippen molar-refractivity contribution in [3.05, 3.63) is 65.5 Å². The molecule has 0 fully saturated rings. The average Bonchev–Trinajstić information content (AvgIpc) is 2.92. The summed E-state index contributed by atoms with van der Waals surface area (Å²) in [6.07, 6.45) is 21.5. The van der Waals surface area contributed by atoms with Crippen LogP contribution in [0.5, 0.6) is 5.75 Å². The van der Waals surface area contributed by atoms with Gasteiger partial charge in [-0.2, -0.15) is 5.10 Å². The summed E-state index contributed by atoms with van der Waals surface area (Å²) in [5, 5.41) is 4.00. The molecule has 0 saturated carbocycles. The van der Waals surface area contributed by atoms with Gasteiger partial charge >= 0.3 is 5.97 Å². The Morgan fingerprint density at radius 1 is 0.763 bits per heavy atom. The largest absolute Gasteiger partial charge is 0.423 e. The fourth-order valence-electron chi connectivity index (χ4n) is 4.30. The molecule has 0 aliphatic rings. The molecule has 0 atom stereocenters. The summed E-state index contributed by atoms with van der Waals surface area (Å²) in [5.41, 5.74) is 3.18. The Kier molecular flexibility index (Phi) is 16.4. The van der Waals surface area contributed by atoms with Crippen LogP contribution in [-0.2, 0) is 4.79 Å². The maximum absolute atomic E-state index is 13.7. The molecule has 0 aliphatic heterocycles. The van der Waals surface area contributed by atoms with Gasteiger partial charge in [0.2, 0.25) is 5.91 Å². The summed E-state index contributed by atoms with van der Waals surface area (Å²) in [7, 11) is 0. The topological polar surface area (TPSA) is 67.8 Å². The third kappa shape index (κ3) is 14.1. The molecule has 0 spiro atoms. The molecule has 0 aromatic heterocycles. The van der Waals surface area contributed by atoms with Crippen LogP contribution in [0.4, 0.5) is 4.39 Å². The van der Waals surface area contributed by atoms with Crippen molar-refractivity contribution in [2.45, 2.75) is 110 Å². The van der Waals surface area contributed by atoms with Crippen molar-refractivity contribution in [2.24, 2.45) is 5.10 Å². The number of nitrogens with zero attached hydrogens (tertiary/aromatic N) is 1. The lowest BCUT2D eigenvalue weighted by Gasteiger charge is -2.05. The lowest BCUT2D eigenvalue weighted by Crippen LogP contribution is -2.16. The second-order valence-corrected chi connectivity index (χ2v) is 9.93. The van der Waals surface area contributed by atoms with Crippen LogP contribution in [0.15, 0.2) is 53.6 Å². The Morgan fingerprint density at radius 3 is 1.84 bits per heavy atom. The van der Waals surface area contributed by atoms with Crippen LogP contribution in [0.25, 0.3) is 0 Å². The van der Waals surface area contributed by atoms with Crippen molar-refractivity contribution in [2.75, 3.05) is 0 Å². The Hall–Kier alpha value is -3.02. The quantitative estimate of drug-likeness (QED) is 0.0619. The average molecular weight is 525 g/mol. The number of carbonyl (C=O) groups excluding carboxylic acids is 2. The molecular formula is C32H45FN2O3. The molecule has 38 heavy (non-hydrogen) atoms. The Labute approximate surface area is 228 Å². The Morgan fingerprint density at radius 2 is 1.29 bits per heavy atom. The SMILES string of the molecule is CCCCCCCCCCCCCCCCCC(=O)N/N=C/c1ccc(OC(=O)c2ccccc2F)cc1. The maximum atomic E-state index is 13.7. The number of amides is 1. The predicted octanol–water partition coefficient (Wildman–Crippen LogP) is 8.76. The number of hydrazone groups is 1. The van der Waals surface area contributed by atoms with Crippen molar-refractivity contribution in [3.63, 3.8) is 0 Å². The Balaban J connectivity index is 1.46. The molecule has 6 heteroatoms. The molecular weight excluding hydrogens is 479 g/mol. The minimum atomic E-state index is -0.754. The van der Waals surface area contributed by atoms with Gasteiger partial charge in [0, 0.05) is 6.42 Å². The van der Waals surface area contributed by atoms with Crippen molar-refractivity contribution in [3.8, 4) is 5.75 Å². The Bertz CT molecular complexity index is 959. The predicted molar refractivity (Wildman–Crippen MR) is 153 cm³/mol. The fourth-order valence-corrected chi connectivity index (χ4v) is 4.30. The van der Waals surface area contributed by atoms with Crippen LogP contribution in [0.2, 0.25) is 0 Å². The molecule has 0 aliphatic carbocycles. The third-order valence-corrected chi connectivity index (χ3v) is 6.59. The minimum absolute atomic E-state index is 0.0913. The molecule has 208 valence electrons. The number of unbranched alkanes of at least 4 members (excludes halogenated alkanes) is 14. The number of carbonyl (C=O) groups is 2. The highest BCUT2D eigenvalue weighted by Crippen LogP contribution is 2.16. The number of nitrogens with one attached hydrogen (secondary N) is 1. The van der Waals surface area contributed by atoms with Crippen molar-refractivity contribution in [1.82, 2.24) is 5.43 Å². The van der Waals surface area contributed by atoms with E-state index in [1.807, 2.05) is 0 Å². The zero-order valence-corrected chi connectivity index (χ0v) is 23.1. The highest BCUT2D eigenvalue weighted by Gasteiger charge is 2.13. The molecule has 2 rings (SSSR count). The molecule has 2 aromatic rings. The van der Waals surface area contributed by atoms with E-state index in [2.05, 4.69) is 17.5 Å². The monoisotopic (exact) mass is 524 g/mol. The van der Waals surface area contributed by atoms with E-state index in [4.69, 9.17) is 4.74 Å². The third-order valence-electron chi connectivity index (χ3n) is 6.59. The summed E-state index contributed by atoms with van der Waals surface area (Å²) >= 11 is 0. The van der Waals surface area contributed by atoms with Crippen LogP contribution in [-0.4, -0.2) is 18.1 Å². The molecule has 0 saturated heterocycles. The van der Waals surface area contributed by atoms with E-state index in [0.717, 1.165) is 18.4 Å². The van der Waals surface area contributed by atoms with Crippen molar-refractivity contribution in [1.29, 1.82) is 0 Å². The van der Waals surface area contributed by atoms with Gasteiger partial charge in [-0.1, -0.05) is 109 Å². The van der Waals surface area contributed by atoms with Gasteiger partial charge in [-0.3, -0.25) is 4.79 Å². The van der Waals surface area contributed by atoms with Gasteiger partial charge in [-0.15, -0.1) is 0 Å². The van der Waals surface area contributed by atoms with Crippen LogP contribution in [0.3, 0.4) is 0 Å². The molecule has 1 amide bonds. The zero-order chi connectivity index (χ0) is 27.3. The van der Waals surface area contributed by atoms with E-state index < -0.39 is 11.8 Å². The molecule has 2 aromatic carbocycles. The van der Waals surface area contributed by atoms with Crippen LogP contribution >= 0.6 is 0 Å². The normalized spacial score (nSPS) is 11.1. The van der Waals surface area contributed by atoms with Gasteiger partial charge in [0.05, 0.1) is 11.8 Å².